The summed E-state index contributed by atoms with van der Waals surface area (Å²) in [5.74, 6) is 0.589. The number of hydrogen-bond acceptors (Lipinski definition) is 2. The Hall–Kier alpha value is -1.58. The van der Waals surface area contributed by atoms with Gasteiger partial charge in [-0.1, -0.05) is 33.8 Å². The molecule has 1 aromatic rings. The van der Waals surface area contributed by atoms with Gasteiger partial charge in [0.1, 0.15) is 5.82 Å². The number of nitrogens with zero attached hydrogens (tertiary/aromatic N) is 1. The van der Waals surface area contributed by atoms with Gasteiger partial charge in [-0.2, -0.15) is 0 Å². The molecule has 0 fully saturated rings. The predicted molar refractivity (Wildman–Crippen MR) is 70.2 cm³/mol. The van der Waals surface area contributed by atoms with Crippen molar-refractivity contribution in [3.63, 3.8) is 0 Å². The summed E-state index contributed by atoms with van der Waals surface area (Å²) >= 11 is 0. The molecular formula is C13H21N3O. The lowest BCUT2D eigenvalue weighted by molar-refractivity contribution is 0.252. The lowest BCUT2D eigenvalue weighted by Crippen LogP contribution is -2.29. The van der Waals surface area contributed by atoms with Crippen LogP contribution in [0.4, 0.5) is 10.6 Å². The molecule has 1 aromatic heterocycles. The van der Waals surface area contributed by atoms with Gasteiger partial charge in [-0.15, -0.1) is 0 Å². The van der Waals surface area contributed by atoms with E-state index in [1.54, 1.807) is 6.07 Å². The Morgan fingerprint density at radius 2 is 2.06 bits per heavy atom. The molecule has 0 atom stereocenters. The van der Waals surface area contributed by atoms with Crippen LogP contribution in [-0.2, 0) is 5.41 Å². The zero-order valence-corrected chi connectivity index (χ0v) is 11.0. The smallest absolute Gasteiger partial charge is 0.320 e. The highest BCUT2D eigenvalue weighted by Crippen LogP contribution is 2.20. The maximum absolute atomic E-state index is 11.5. The topological polar surface area (TPSA) is 54.0 Å². The molecule has 0 unspecified atom stereocenters. The van der Waals surface area contributed by atoms with Gasteiger partial charge in [0.25, 0.3) is 0 Å². The molecule has 2 amide bonds. The number of anilines is 1. The molecule has 2 N–H and O–H groups in total. The van der Waals surface area contributed by atoms with Crippen LogP contribution in [0.5, 0.6) is 0 Å². The second kappa shape index (κ2) is 5.66. The molecule has 94 valence electrons. The average Bonchev–Trinajstić information content (AvgIpc) is 2.25. The Morgan fingerprint density at radius 3 is 2.65 bits per heavy atom. The number of hydrogen-bond donors (Lipinski definition) is 2. The van der Waals surface area contributed by atoms with Crippen LogP contribution >= 0.6 is 0 Å². The number of pyridine rings is 1. The third kappa shape index (κ3) is 4.43. The number of urea groups is 1. The first-order valence-electron chi connectivity index (χ1n) is 5.96. The summed E-state index contributed by atoms with van der Waals surface area (Å²) in [4.78, 5) is 15.9. The molecule has 0 spiro atoms. The molecule has 0 aliphatic carbocycles. The molecule has 1 heterocycles. The van der Waals surface area contributed by atoms with E-state index in [9.17, 15) is 4.79 Å². The minimum Gasteiger partial charge on any atom is -0.338 e. The van der Waals surface area contributed by atoms with E-state index < -0.39 is 0 Å². The highest BCUT2D eigenvalue weighted by atomic mass is 16.2. The molecule has 0 saturated carbocycles. The van der Waals surface area contributed by atoms with Gasteiger partial charge in [0.15, 0.2) is 0 Å². The van der Waals surface area contributed by atoms with E-state index in [0.717, 1.165) is 12.1 Å². The quantitative estimate of drug-likeness (QED) is 0.846. The monoisotopic (exact) mass is 235 g/mol. The van der Waals surface area contributed by atoms with Crippen LogP contribution in [0.25, 0.3) is 0 Å². The first kappa shape index (κ1) is 13.5. The molecule has 1 rings (SSSR count). The normalized spacial score (nSPS) is 11.1. The first-order valence-corrected chi connectivity index (χ1v) is 5.96. The van der Waals surface area contributed by atoms with Crippen LogP contribution in [0.15, 0.2) is 18.2 Å². The summed E-state index contributed by atoms with van der Waals surface area (Å²) in [7, 11) is 0. The summed E-state index contributed by atoms with van der Waals surface area (Å²) in [6, 6.07) is 5.46. The van der Waals surface area contributed by atoms with Gasteiger partial charge in [0.05, 0.1) is 0 Å². The van der Waals surface area contributed by atoms with Crippen molar-refractivity contribution in [2.24, 2.45) is 0 Å². The van der Waals surface area contributed by atoms with Crippen LogP contribution in [0.1, 0.15) is 39.8 Å². The molecule has 0 bridgehead atoms. The third-order valence-corrected chi connectivity index (χ3v) is 2.29. The van der Waals surface area contributed by atoms with Gasteiger partial charge in [-0.3, -0.25) is 5.32 Å². The van der Waals surface area contributed by atoms with E-state index in [-0.39, 0.29) is 11.4 Å². The average molecular weight is 235 g/mol. The summed E-state index contributed by atoms with van der Waals surface area (Å²) in [5, 5.41) is 5.48. The second-order valence-corrected chi connectivity index (χ2v) is 5.04. The van der Waals surface area contributed by atoms with Gasteiger partial charge in [0, 0.05) is 17.7 Å². The molecule has 0 saturated heterocycles. The highest BCUT2D eigenvalue weighted by molar-refractivity contribution is 5.88. The van der Waals surface area contributed by atoms with Crippen molar-refractivity contribution >= 4 is 11.8 Å². The van der Waals surface area contributed by atoms with Crippen molar-refractivity contribution < 1.29 is 4.79 Å². The minimum atomic E-state index is -0.203. The Balaban J connectivity index is 2.69. The Bertz CT molecular complexity index is 382. The maximum Gasteiger partial charge on any atom is 0.320 e. The number of carbonyl (C=O) groups is 1. The van der Waals surface area contributed by atoms with Crippen molar-refractivity contribution in [2.75, 3.05) is 11.9 Å². The largest absolute Gasteiger partial charge is 0.338 e. The van der Waals surface area contributed by atoms with Gasteiger partial charge < -0.3 is 5.32 Å². The number of carbonyl (C=O) groups excluding carboxylic acids is 1. The van der Waals surface area contributed by atoms with Crippen LogP contribution in [0.3, 0.4) is 0 Å². The summed E-state index contributed by atoms with van der Waals surface area (Å²) in [6.07, 6.45) is 0.920. The Labute approximate surface area is 103 Å². The molecule has 0 aromatic carbocycles. The van der Waals surface area contributed by atoms with Crippen LogP contribution in [-0.4, -0.2) is 17.6 Å². The minimum absolute atomic E-state index is 0.0163. The molecule has 0 aliphatic heterocycles. The molecule has 0 radical (unpaired) electrons. The van der Waals surface area contributed by atoms with E-state index in [0.29, 0.717) is 12.4 Å². The maximum atomic E-state index is 11.5. The SMILES string of the molecule is CCCNC(=O)Nc1cccc(C(C)(C)C)n1. The van der Waals surface area contributed by atoms with Gasteiger partial charge in [-0.05, 0) is 18.6 Å². The van der Waals surface area contributed by atoms with Crippen molar-refractivity contribution in [3.8, 4) is 0 Å². The Morgan fingerprint density at radius 1 is 1.35 bits per heavy atom. The van der Waals surface area contributed by atoms with Crippen molar-refractivity contribution in [1.29, 1.82) is 0 Å². The van der Waals surface area contributed by atoms with Gasteiger partial charge in [-0.25, -0.2) is 9.78 Å². The van der Waals surface area contributed by atoms with Crippen LogP contribution in [0.2, 0.25) is 0 Å². The number of aromatic nitrogens is 1. The molecule has 4 heteroatoms. The Kier molecular flexibility index (Phi) is 4.49. The van der Waals surface area contributed by atoms with Crippen LogP contribution < -0.4 is 10.6 Å². The number of amides is 2. The zero-order valence-electron chi connectivity index (χ0n) is 11.0. The lowest BCUT2D eigenvalue weighted by Gasteiger charge is -2.18. The van der Waals surface area contributed by atoms with Crippen molar-refractivity contribution in [1.82, 2.24) is 10.3 Å². The standard InChI is InChI=1S/C13H21N3O/c1-5-9-14-12(17)16-11-8-6-7-10(15-11)13(2,3)4/h6-8H,5,9H2,1-4H3,(H2,14,15,16,17). The van der Waals surface area contributed by atoms with E-state index >= 15 is 0 Å². The summed E-state index contributed by atoms with van der Waals surface area (Å²) in [6.45, 7) is 8.96. The third-order valence-electron chi connectivity index (χ3n) is 2.29. The van der Waals surface area contributed by atoms with Gasteiger partial charge in [0.2, 0.25) is 0 Å². The van der Waals surface area contributed by atoms with E-state index in [1.807, 2.05) is 19.1 Å². The summed E-state index contributed by atoms with van der Waals surface area (Å²) < 4.78 is 0. The van der Waals surface area contributed by atoms with E-state index in [4.69, 9.17) is 0 Å². The lowest BCUT2D eigenvalue weighted by atomic mass is 9.92. The fourth-order valence-electron chi connectivity index (χ4n) is 1.32. The molecular weight excluding hydrogens is 214 g/mol. The fourth-order valence-corrected chi connectivity index (χ4v) is 1.32. The van der Waals surface area contributed by atoms with Crippen molar-refractivity contribution in [3.05, 3.63) is 23.9 Å². The van der Waals surface area contributed by atoms with Gasteiger partial charge >= 0.3 is 6.03 Å². The van der Waals surface area contributed by atoms with E-state index in [2.05, 4.69) is 36.4 Å². The number of nitrogens with one attached hydrogen (secondary N) is 2. The fraction of sp³-hybridized carbons (Fsp3) is 0.538. The summed E-state index contributed by atoms with van der Waals surface area (Å²) in [5.41, 5.74) is 0.947. The predicted octanol–water partition coefficient (Wildman–Crippen LogP) is 2.91. The van der Waals surface area contributed by atoms with Crippen molar-refractivity contribution in [2.45, 2.75) is 39.5 Å². The molecule has 0 aliphatic rings. The van der Waals surface area contributed by atoms with E-state index in [1.165, 1.54) is 0 Å². The van der Waals surface area contributed by atoms with Crippen LogP contribution in [0, 0.1) is 0 Å². The molecule has 4 nitrogen and oxygen atoms in total. The highest BCUT2D eigenvalue weighted by Gasteiger charge is 2.15. The second-order valence-electron chi connectivity index (χ2n) is 5.04. The first-order chi connectivity index (χ1) is 7.93. The number of rotatable bonds is 3. The molecule has 17 heavy (non-hydrogen) atoms. The zero-order chi connectivity index (χ0) is 12.9.